The fourth-order valence-electron chi connectivity index (χ4n) is 2.26. The minimum Gasteiger partial charge on any atom is -0.458 e. The number of urea groups is 1. The Bertz CT molecular complexity index is 632. The van der Waals surface area contributed by atoms with Crippen molar-refractivity contribution in [3.8, 4) is 0 Å². The summed E-state index contributed by atoms with van der Waals surface area (Å²) >= 11 is 3.33. The molecule has 1 aromatic rings. The Kier molecular flexibility index (Phi) is 8.57. The molecule has 0 unspecified atom stereocenters. The lowest BCUT2D eigenvalue weighted by atomic mass is 10.1. The number of anilines is 1. The van der Waals surface area contributed by atoms with Crippen molar-refractivity contribution in [1.29, 1.82) is 0 Å². The van der Waals surface area contributed by atoms with Gasteiger partial charge in [-0.3, -0.25) is 9.59 Å². The van der Waals surface area contributed by atoms with E-state index in [1.165, 1.54) is 6.92 Å². The molecule has 1 atom stereocenters. The van der Waals surface area contributed by atoms with Gasteiger partial charge in [0.05, 0.1) is 6.54 Å². The lowest BCUT2D eigenvalue weighted by Crippen LogP contribution is -2.51. The molecule has 26 heavy (non-hydrogen) atoms. The number of ether oxygens (including phenoxy) is 1. The molecule has 0 heterocycles. The maximum Gasteiger partial charge on any atom is 0.319 e. The van der Waals surface area contributed by atoms with Gasteiger partial charge >= 0.3 is 12.0 Å². The summed E-state index contributed by atoms with van der Waals surface area (Å²) in [7, 11) is 0. The molecule has 0 aliphatic rings. The molecule has 0 saturated carbocycles. The highest BCUT2D eigenvalue weighted by atomic mass is 79.9. The SMILES string of the molecule is CCC[C@H](NC(=O)Nc1ccc(Br)cc1)C(=O)NCC(C)(C)OC(C)=O. The number of carbonyl (C=O) groups excluding carboxylic acids is 3. The molecule has 0 aliphatic carbocycles. The zero-order valence-corrected chi connectivity index (χ0v) is 17.1. The van der Waals surface area contributed by atoms with Gasteiger partial charge in [-0.2, -0.15) is 0 Å². The molecular formula is C18H26BrN3O4. The summed E-state index contributed by atoms with van der Waals surface area (Å²) in [6.07, 6.45) is 1.22. The maximum absolute atomic E-state index is 12.4. The summed E-state index contributed by atoms with van der Waals surface area (Å²) in [5, 5.41) is 8.09. The second-order valence-electron chi connectivity index (χ2n) is 6.52. The molecule has 0 spiro atoms. The molecule has 0 radical (unpaired) electrons. The van der Waals surface area contributed by atoms with Crippen LogP contribution in [0, 0.1) is 0 Å². The zero-order valence-electron chi connectivity index (χ0n) is 15.5. The Balaban J connectivity index is 2.60. The van der Waals surface area contributed by atoms with Crippen molar-refractivity contribution in [2.75, 3.05) is 11.9 Å². The van der Waals surface area contributed by atoms with Crippen molar-refractivity contribution in [1.82, 2.24) is 10.6 Å². The Morgan fingerprint density at radius 3 is 2.35 bits per heavy atom. The number of halogens is 1. The van der Waals surface area contributed by atoms with E-state index in [4.69, 9.17) is 4.74 Å². The fourth-order valence-corrected chi connectivity index (χ4v) is 2.53. The summed E-state index contributed by atoms with van der Waals surface area (Å²) in [5.74, 6) is -0.737. The van der Waals surface area contributed by atoms with Gasteiger partial charge in [0.2, 0.25) is 5.91 Å². The quantitative estimate of drug-likeness (QED) is 0.554. The van der Waals surface area contributed by atoms with Crippen LogP contribution in [0.4, 0.5) is 10.5 Å². The van der Waals surface area contributed by atoms with Crippen LogP contribution in [0.15, 0.2) is 28.7 Å². The first-order valence-electron chi connectivity index (χ1n) is 8.43. The number of esters is 1. The van der Waals surface area contributed by atoms with Gasteiger partial charge in [0, 0.05) is 17.1 Å². The highest BCUT2D eigenvalue weighted by Crippen LogP contribution is 2.14. The average molecular weight is 428 g/mol. The minimum atomic E-state index is -0.821. The second-order valence-corrected chi connectivity index (χ2v) is 7.43. The van der Waals surface area contributed by atoms with Crippen LogP contribution in [-0.4, -0.2) is 36.1 Å². The Labute approximate surface area is 162 Å². The van der Waals surface area contributed by atoms with Crippen LogP contribution in [0.1, 0.15) is 40.5 Å². The van der Waals surface area contributed by atoms with Gasteiger partial charge in [0.1, 0.15) is 11.6 Å². The smallest absolute Gasteiger partial charge is 0.319 e. The molecule has 3 amide bonds. The first kappa shape index (κ1) is 22.0. The van der Waals surface area contributed by atoms with Gasteiger partial charge in [-0.1, -0.05) is 29.3 Å². The van der Waals surface area contributed by atoms with E-state index < -0.39 is 23.6 Å². The van der Waals surface area contributed by atoms with E-state index in [2.05, 4.69) is 31.9 Å². The van der Waals surface area contributed by atoms with Crippen LogP contribution in [0.3, 0.4) is 0 Å². The van der Waals surface area contributed by atoms with Crippen molar-refractivity contribution >= 4 is 39.5 Å². The third-order valence-corrected chi connectivity index (χ3v) is 3.94. The zero-order chi connectivity index (χ0) is 19.7. The minimum absolute atomic E-state index is 0.154. The number of amides is 3. The number of benzene rings is 1. The average Bonchev–Trinajstić information content (AvgIpc) is 2.53. The van der Waals surface area contributed by atoms with Gasteiger partial charge < -0.3 is 20.7 Å². The predicted octanol–water partition coefficient (Wildman–Crippen LogP) is 3.20. The van der Waals surface area contributed by atoms with Crippen LogP contribution in [0.2, 0.25) is 0 Å². The predicted molar refractivity (Wildman–Crippen MR) is 104 cm³/mol. The summed E-state index contributed by atoms with van der Waals surface area (Å²) < 4.78 is 6.05. The Morgan fingerprint density at radius 1 is 1.19 bits per heavy atom. The van der Waals surface area contributed by atoms with E-state index in [-0.39, 0.29) is 12.5 Å². The lowest BCUT2D eigenvalue weighted by molar-refractivity contribution is -0.154. The Hall–Kier alpha value is -2.09. The van der Waals surface area contributed by atoms with E-state index in [1.807, 2.05) is 19.1 Å². The van der Waals surface area contributed by atoms with E-state index in [0.29, 0.717) is 12.1 Å². The lowest BCUT2D eigenvalue weighted by Gasteiger charge is -2.26. The largest absolute Gasteiger partial charge is 0.458 e. The first-order valence-corrected chi connectivity index (χ1v) is 9.22. The number of hydrogen-bond donors (Lipinski definition) is 3. The monoisotopic (exact) mass is 427 g/mol. The van der Waals surface area contributed by atoms with Crippen LogP contribution in [0.25, 0.3) is 0 Å². The molecule has 1 aromatic carbocycles. The van der Waals surface area contributed by atoms with Crippen LogP contribution in [0.5, 0.6) is 0 Å². The highest BCUT2D eigenvalue weighted by molar-refractivity contribution is 9.10. The molecule has 3 N–H and O–H groups in total. The van der Waals surface area contributed by atoms with Crippen molar-refractivity contribution in [2.45, 2.75) is 52.2 Å². The topological polar surface area (TPSA) is 96.5 Å². The molecule has 144 valence electrons. The molecule has 0 aliphatic heterocycles. The third kappa shape index (κ3) is 8.33. The first-order chi connectivity index (χ1) is 12.1. The van der Waals surface area contributed by atoms with E-state index in [1.54, 1.807) is 26.0 Å². The Morgan fingerprint density at radius 2 is 1.81 bits per heavy atom. The molecule has 0 aromatic heterocycles. The molecule has 0 saturated heterocycles. The van der Waals surface area contributed by atoms with Crippen molar-refractivity contribution in [3.05, 3.63) is 28.7 Å². The number of carbonyl (C=O) groups is 3. The third-order valence-electron chi connectivity index (χ3n) is 3.41. The highest BCUT2D eigenvalue weighted by Gasteiger charge is 2.25. The standard InChI is InChI=1S/C18H26BrN3O4/c1-5-6-15(16(24)20-11-18(3,4)26-12(2)23)22-17(25)21-14-9-7-13(19)8-10-14/h7-10,15H,5-6,11H2,1-4H3,(H,20,24)(H2,21,22,25)/t15-/m0/s1. The summed E-state index contributed by atoms with van der Waals surface area (Å²) in [6.45, 7) is 6.81. The number of nitrogens with one attached hydrogen (secondary N) is 3. The maximum atomic E-state index is 12.4. The summed E-state index contributed by atoms with van der Waals surface area (Å²) in [5.41, 5.74) is -0.199. The van der Waals surface area contributed by atoms with Gasteiger partial charge in [-0.15, -0.1) is 0 Å². The number of hydrogen-bond acceptors (Lipinski definition) is 4. The molecule has 0 bridgehead atoms. The summed E-state index contributed by atoms with van der Waals surface area (Å²) in [4.78, 5) is 35.6. The van der Waals surface area contributed by atoms with E-state index >= 15 is 0 Å². The molecule has 1 rings (SSSR count). The van der Waals surface area contributed by atoms with E-state index in [0.717, 1.165) is 10.9 Å². The number of rotatable bonds is 8. The fraction of sp³-hybridized carbons (Fsp3) is 0.500. The van der Waals surface area contributed by atoms with Gasteiger partial charge in [-0.05, 0) is 44.5 Å². The van der Waals surface area contributed by atoms with Gasteiger partial charge in [0.25, 0.3) is 0 Å². The molecular weight excluding hydrogens is 402 g/mol. The molecule has 7 nitrogen and oxygen atoms in total. The van der Waals surface area contributed by atoms with Crippen molar-refractivity contribution in [3.63, 3.8) is 0 Å². The second kappa shape index (κ2) is 10.2. The van der Waals surface area contributed by atoms with Crippen LogP contribution >= 0.6 is 15.9 Å². The molecule has 8 heteroatoms. The van der Waals surface area contributed by atoms with Crippen molar-refractivity contribution in [2.24, 2.45) is 0 Å². The van der Waals surface area contributed by atoms with Gasteiger partial charge in [-0.25, -0.2) is 4.79 Å². The van der Waals surface area contributed by atoms with Gasteiger partial charge in [0.15, 0.2) is 0 Å². The van der Waals surface area contributed by atoms with Crippen LogP contribution < -0.4 is 16.0 Å². The van der Waals surface area contributed by atoms with E-state index in [9.17, 15) is 14.4 Å². The molecule has 0 fully saturated rings. The van der Waals surface area contributed by atoms with Crippen molar-refractivity contribution < 1.29 is 19.1 Å². The normalized spacial score (nSPS) is 12.0. The van der Waals surface area contributed by atoms with Crippen LogP contribution in [-0.2, 0) is 14.3 Å². The summed E-state index contributed by atoms with van der Waals surface area (Å²) in [6, 6.07) is 5.98.